The van der Waals surface area contributed by atoms with Crippen LogP contribution in [0.2, 0.25) is 0 Å². The van der Waals surface area contributed by atoms with E-state index in [1.54, 1.807) is 18.1 Å². The molecule has 0 bridgehead atoms. The summed E-state index contributed by atoms with van der Waals surface area (Å²) in [6, 6.07) is 11.6. The average molecular weight is 356 g/mol. The number of carbonyl (C=O) groups is 1. The summed E-state index contributed by atoms with van der Waals surface area (Å²) in [5, 5.41) is 0. The molecule has 0 fully saturated rings. The Bertz CT molecular complexity index is 785. The maximum Gasteiger partial charge on any atom is 0.200 e. The molecule has 5 heteroatoms. The number of ketones is 1. The molecule has 0 amide bonds. The molecule has 0 aliphatic rings. The Balaban J connectivity index is 2.12. The molecule has 0 spiro atoms. The number of carbonyl (C=O) groups excluding carboxylic acids is 1. The van der Waals surface area contributed by atoms with E-state index >= 15 is 0 Å². The first kappa shape index (κ1) is 19.1. The molecule has 0 heterocycles. The number of hydrogen-bond donors (Lipinski definition) is 0. The zero-order valence-electron chi connectivity index (χ0n) is 15.4. The van der Waals surface area contributed by atoms with Gasteiger partial charge in [-0.05, 0) is 61.6 Å². The van der Waals surface area contributed by atoms with Gasteiger partial charge in [0.25, 0.3) is 0 Å². The first-order valence-electron chi connectivity index (χ1n) is 8.02. The predicted octanol–water partition coefficient (Wildman–Crippen LogP) is 4.51. The van der Waals surface area contributed by atoms with E-state index in [2.05, 4.69) is 4.99 Å². The van der Waals surface area contributed by atoms with E-state index in [1.807, 2.05) is 75.5 Å². The van der Waals surface area contributed by atoms with Crippen LogP contribution in [0.1, 0.15) is 21.5 Å². The molecular formula is C20H24N2O2S. The quantitative estimate of drug-likeness (QED) is 0.317. The van der Waals surface area contributed by atoms with Gasteiger partial charge >= 0.3 is 0 Å². The van der Waals surface area contributed by atoms with Crippen molar-refractivity contribution < 1.29 is 9.53 Å². The van der Waals surface area contributed by atoms with Crippen molar-refractivity contribution in [1.82, 2.24) is 4.90 Å². The van der Waals surface area contributed by atoms with Crippen molar-refractivity contribution in [3.63, 3.8) is 0 Å². The molecule has 0 saturated heterocycles. The smallest absolute Gasteiger partial charge is 0.200 e. The summed E-state index contributed by atoms with van der Waals surface area (Å²) in [4.78, 5) is 20.0. The molecule has 2 aromatic carbocycles. The van der Waals surface area contributed by atoms with E-state index < -0.39 is 0 Å². The van der Waals surface area contributed by atoms with Crippen LogP contribution in [0.3, 0.4) is 0 Å². The van der Waals surface area contributed by atoms with Crippen LogP contribution in [-0.4, -0.2) is 44.0 Å². The summed E-state index contributed by atoms with van der Waals surface area (Å²) in [5.41, 5.74) is 3.43. The number of ether oxygens (including phenoxy) is 1. The van der Waals surface area contributed by atoms with Gasteiger partial charge in [-0.1, -0.05) is 6.07 Å². The summed E-state index contributed by atoms with van der Waals surface area (Å²) in [7, 11) is 3.85. The zero-order chi connectivity index (χ0) is 18.4. The normalized spacial score (nSPS) is 10.9. The second-order valence-corrected chi connectivity index (χ2v) is 6.93. The van der Waals surface area contributed by atoms with Crippen LogP contribution in [0.4, 0.5) is 5.69 Å². The number of hydrogen-bond acceptors (Lipinski definition) is 4. The third kappa shape index (κ3) is 5.36. The Hall–Kier alpha value is -2.27. The van der Waals surface area contributed by atoms with Crippen molar-refractivity contribution in [3.8, 4) is 5.75 Å². The molecule has 0 radical (unpaired) electrons. The Kier molecular flexibility index (Phi) is 6.65. The van der Waals surface area contributed by atoms with E-state index in [-0.39, 0.29) is 12.4 Å². The van der Waals surface area contributed by atoms with Crippen molar-refractivity contribution in [1.29, 1.82) is 0 Å². The highest BCUT2D eigenvalue weighted by atomic mass is 32.2. The molecule has 2 aromatic rings. The molecule has 0 unspecified atom stereocenters. The number of rotatable bonds is 7. The molecule has 0 aliphatic carbocycles. The summed E-state index contributed by atoms with van der Waals surface area (Å²) < 4.78 is 5.67. The molecule has 0 aromatic heterocycles. The fourth-order valence-electron chi connectivity index (χ4n) is 2.34. The van der Waals surface area contributed by atoms with Gasteiger partial charge in [-0.2, -0.15) is 0 Å². The lowest BCUT2D eigenvalue weighted by atomic mass is 10.0. The largest absolute Gasteiger partial charge is 0.485 e. The summed E-state index contributed by atoms with van der Waals surface area (Å²) >= 11 is 1.64. The third-order valence-corrected chi connectivity index (χ3v) is 4.41. The fraction of sp³-hybridized carbons (Fsp3) is 0.300. The van der Waals surface area contributed by atoms with Crippen LogP contribution in [0.5, 0.6) is 5.75 Å². The molecule has 4 nitrogen and oxygen atoms in total. The second-order valence-electron chi connectivity index (χ2n) is 6.05. The zero-order valence-corrected chi connectivity index (χ0v) is 16.2. The van der Waals surface area contributed by atoms with Crippen LogP contribution in [0, 0.1) is 13.8 Å². The molecule has 0 aliphatic heterocycles. The van der Waals surface area contributed by atoms with E-state index in [4.69, 9.17) is 4.74 Å². The third-order valence-electron chi connectivity index (χ3n) is 3.68. The SMILES string of the molecule is CSc1cccc(OCC(=O)c2cc(C)c(N=CN(C)C)cc2C)c1. The maximum atomic E-state index is 12.5. The van der Waals surface area contributed by atoms with Crippen LogP contribution < -0.4 is 4.74 Å². The van der Waals surface area contributed by atoms with Crippen molar-refractivity contribution in [3.05, 3.63) is 53.1 Å². The Morgan fingerprint density at radius 2 is 1.96 bits per heavy atom. The molecule has 0 atom stereocenters. The van der Waals surface area contributed by atoms with Gasteiger partial charge in [0.05, 0.1) is 12.0 Å². The lowest BCUT2D eigenvalue weighted by Gasteiger charge is -2.11. The Morgan fingerprint density at radius 1 is 1.20 bits per heavy atom. The first-order chi connectivity index (χ1) is 11.9. The van der Waals surface area contributed by atoms with Gasteiger partial charge in [0, 0.05) is 24.6 Å². The number of Topliss-reactive ketones (excluding diaryl/α,β-unsaturated/α-hetero) is 1. The van der Waals surface area contributed by atoms with E-state index in [1.165, 1.54) is 0 Å². The molecule has 25 heavy (non-hydrogen) atoms. The minimum absolute atomic E-state index is 0.0262. The molecular weight excluding hydrogens is 332 g/mol. The highest BCUT2D eigenvalue weighted by Gasteiger charge is 2.12. The van der Waals surface area contributed by atoms with Crippen molar-refractivity contribution in [2.75, 3.05) is 27.0 Å². The number of thioether (sulfide) groups is 1. The van der Waals surface area contributed by atoms with Gasteiger partial charge in [0.2, 0.25) is 0 Å². The van der Waals surface area contributed by atoms with Gasteiger partial charge in [0.1, 0.15) is 5.75 Å². The predicted molar refractivity (Wildman–Crippen MR) is 106 cm³/mol. The molecule has 2 rings (SSSR count). The monoisotopic (exact) mass is 356 g/mol. The lowest BCUT2D eigenvalue weighted by molar-refractivity contribution is 0.0920. The van der Waals surface area contributed by atoms with Crippen molar-refractivity contribution in [2.24, 2.45) is 4.99 Å². The fourth-order valence-corrected chi connectivity index (χ4v) is 2.78. The summed E-state index contributed by atoms with van der Waals surface area (Å²) in [5.74, 6) is 0.681. The highest BCUT2D eigenvalue weighted by Crippen LogP contribution is 2.24. The number of aliphatic imine (C=N–C) groups is 1. The van der Waals surface area contributed by atoms with Crippen LogP contribution in [0.15, 0.2) is 46.3 Å². The standard InChI is InChI=1S/C20H24N2O2S/c1-14-10-19(21-13-22(3)4)15(2)9-18(14)20(23)12-24-16-7-6-8-17(11-16)25-5/h6-11,13H,12H2,1-5H3. The van der Waals surface area contributed by atoms with E-state index in [9.17, 15) is 4.79 Å². The van der Waals surface area contributed by atoms with Gasteiger partial charge < -0.3 is 9.64 Å². The average Bonchev–Trinajstić information content (AvgIpc) is 2.60. The minimum Gasteiger partial charge on any atom is -0.485 e. The van der Waals surface area contributed by atoms with Crippen molar-refractivity contribution in [2.45, 2.75) is 18.7 Å². The molecule has 132 valence electrons. The van der Waals surface area contributed by atoms with Gasteiger partial charge in [-0.3, -0.25) is 4.79 Å². The van der Waals surface area contributed by atoms with Crippen LogP contribution in [0.25, 0.3) is 0 Å². The van der Waals surface area contributed by atoms with Crippen LogP contribution >= 0.6 is 11.8 Å². The summed E-state index contributed by atoms with van der Waals surface area (Å²) in [6.45, 7) is 3.91. The lowest BCUT2D eigenvalue weighted by Crippen LogP contribution is -2.13. The number of nitrogens with zero attached hydrogens (tertiary/aromatic N) is 2. The molecule has 0 saturated carbocycles. The summed E-state index contributed by atoms with van der Waals surface area (Å²) in [6.07, 6.45) is 3.77. The topological polar surface area (TPSA) is 41.9 Å². The molecule has 0 N–H and O–H groups in total. The number of benzene rings is 2. The number of aryl methyl sites for hydroxylation is 2. The Labute approximate surface area is 153 Å². The van der Waals surface area contributed by atoms with Crippen LogP contribution in [-0.2, 0) is 0 Å². The van der Waals surface area contributed by atoms with E-state index in [0.717, 1.165) is 21.7 Å². The van der Waals surface area contributed by atoms with Gasteiger partial charge in [-0.15, -0.1) is 11.8 Å². The Morgan fingerprint density at radius 3 is 2.64 bits per heavy atom. The highest BCUT2D eigenvalue weighted by molar-refractivity contribution is 7.98. The first-order valence-corrected chi connectivity index (χ1v) is 9.25. The van der Waals surface area contributed by atoms with E-state index in [0.29, 0.717) is 11.3 Å². The minimum atomic E-state index is -0.0294. The van der Waals surface area contributed by atoms with Gasteiger partial charge in [-0.25, -0.2) is 4.99 Å². The second kappa shape index (κ2) is 8.72. The van der Waals surface area contributed by atoms with Gasteiger partial charge in [0.15, 0.2) is 12.4 Å². The maximum absolute atomic E-state index is 12.5. The van der Waals surface area contributed by atoms with Crippen molar-refractivity contribution >= 4 is 29.6 Å².